The number of carboxylic acid groups (broad SMARTS) is 1. The van der Waals surface area contributed by atoms with Crippen molar-refractivity contribution < 1.29 is 14.7 Å². The Morgan fingerprint density at radius 3 is 2.68 bits per heavy atom. The van der Waals surface area contributed by atoms with Crippen LogP contribution >= 0.6 is 11.6 Å². The van der Waals surface area contributed by atoms with E-state index in [4.69, 9.17) is 16.7 Å². The van der Waals surface area contributed by atoms with Crippen LogP contribution in [0.5, 0.6) is 0 Å². The summed E-state index contributed by atoms with van der Waals surface area (Å²) in [6.07, 6.45) is 2.91. The summed E-state index contributed by atoms with van der Waals surface area (Å²) in [5.41, 5.74) is 0.997. The molecule has 0 aliphatic heterocycles. The molecule has 0 saturated carbocycles. The van der Waals surface area contributed by atoms with E-state index in [-0.39, 0.29) is 11.5 Å². The summed E-state index contributed by atoms with van der Waals surface area (Å²) < 4.78 is 1.51. The van der Waals surface area contributed by atoms with Crippen molar-refractivity contribution in [2.24, 2.45) is 5.92 Å². The molecule has 0 saturated heterocycles. The van der Waals surface area contributed by atoms with Crippen LogP contribution in [-0.4, -0.2) is 32.8 Å². The molecule has 2 aromatic rings. The topological polar surface area (TPSA) is 84.2 Å². The Labute approximate surface area is 132 Å². The van der Waals surface area contributed by atoms with Crippen molar-refractivity contribution in [1.82, 2.24) is 15.1 Å². The number of aromatic nitrogens is 2. The molecule has 22 heavy (non-hydrogen) atoms. The SMILES string of the molecule is CC(C)C(NC(=O)c1cnn(-c2cccc(Cl)c2)c1)C(=O)O. The summed E-state index contributed by atoms with van der Waals surface area (Å²) >= 11 is 5.92. The largest absolute Gasteiger partial charge is 0.480 e. The van der Waals surface area contributed by atoms with Crippen molar-refractivity contribution in [3.05, 3.63) is 47.2 Å². The summed E-state index contributed by atoms with van der Waals surface area (Å²) in [6.45, 7) is 3.46. The van der Waals surface area contributed by atoms with E-state index in [9.17, 15) is 9.59 Å². The van der Waals surface area contributed by atoms with Crippen molar-refractivity contribution in [3.63, 3.8) is 0 Å². The number of aliphatic carboxylic acids is 1. The van der Waals surface area contributed by atoms with Gasteiger partial charge in [-0.1, -0.05) is 31.5 Å². The van der Waals surface area contributed by atoms with Gasteiger partial charge in [-0.05, 0) is 24.1 Å². The third-order valence-corrected chi connectivity index (χ3v) is 3.37. The maximum Gasteiger partial charge on any atom is 0.326 e. The fraction of sp³-hybridized carbons (Fsp3) is 0.267. The lowest BCUT2D eigenvalue weighted by molar-refractivity contribution is -0.140. The molecule has 0 spiro atoms. The molecule has 0 bridgehead atoms. The van der Waals surface area contributed by atoms with E-state index in [0.29, 0.717) is 10.7 Å². The Bertz CT molecular complexity index is 697. The van der Waals surface area contributed by atoms with Crippen molar-refractivity contribution in [2.75, 3.05) is 0 Å². The van der Waals surface area contributed by atoms with Crippen molar-refractivity contribution in [3.8, 4) is 5.69 Å². The first kappa shape index (κ1) is 16.0. The molecule has 0 fully saturated rings. The second kappa shape index (κ2) is 6.62. The molecule has 7 heteroatoms. The van der Waals surface area contributed by atoms with Crippen LogP contribution in [0.25, 0.3) is 5.69 Å². The summed E-state index contributed by atoms with van der Waals surface area (Å²) in [4.78, 5) is 23.2. The Morgan fingerprint density at radius 1 is 1.36 bits per heavy atom. The first-order chi connectivity index (χ1) is 10.4. The Kier molecular flexibility index (Phi) is 4.82. The number of carbonyl (C=O) groups is 2. The number of hydrogen-bond acceptors (Lipinski definition) is 3. The highest BCUT2D eigenvalue weighted by atomic mass is 35.5. The van der Waals surface area contributed by atoms with Crippen LogP contribution in [0.3, 0.4) is 0 Å². The molecule has 0 aliphatic carbocycles. The second-order valence-corrected chi connectivity index (χ2v) is 5.62. The van der Waals surface area contributed by atoms with Crippen LogP contribution in [0.2, 0.25) is 5.02 Å². The van der Waals surface area contributed by atoms with Gasteiger partial charge in [0.25, 0.3) is 5.91 Å². The molecule has 116 valence electrons. The number of rotatable bonds is 5. The third-order valence-electron chi connectivity index (χ3n) is 3.14. The van der Waals surface area contributed by atoms with Gasteiger partial charge in [-0.25, -0.2) is 9.48 Å². The summed E-state index contributed by atoms with van der Waals surface area (Å²) in [5, 5.41) is 16.2. The number of carboxylic acids is 1. The number of halogens is 1. The van der Waals surface area contributed by atoms with E-state index < -0.39 is 17.9 Å². The summed E-state index contributed by atoms with van der Waals surface area (Å²) in [6, 6.07) is 6.08. The van der Waals surface area contributed by atoms with E-state index in [1.54, 1.807) is 38.1 Å². The first-order valence-electron chi connectivity index (χ1n) is 6.72. The standard InChI is InChI=1S/C15H16ClN3O3/c1-9(2)13(15(21)22)18-14(20)10-7-17-19(8-10)12-5-3-4-11(16)6-12/h3-9,13H,1-2H3,(H,18,20)(H,21,22). The van der Waals surface area contributed by atoms with Crippen molar-refractivity contribution in [2.45, 2.75) is 19.9 Å². The Hall–Kier alpha value is -2.34. The molecule has 2 rings (SSSR count). The highest BCUT2D eigenvalue weighted by molar-refractivity contribution is 6.30. The molecule has 1 amide bonds. The molecule has 1 heterocycles. The number of nitrogens with zero attached hydrogens (tertiary/aromatic N) is 2. The smallest absolute Gasteiger partial charge is 0.326 e. The van der Waals surface area contributed by atoms with Crippen LogP contribution in [0.4, 0.5) is 0 Å². The van der Waals surface area contributed by atoms with Gasteiger partial charge in [0.1, 0.15) is 6.04 Å². The van der Waals surface area contributed by atoms with Gasteiger partial charge in [0, 0.05) is 11.2 Å². The van der Waals surface area contributed by atoms with Gasteiger partial charge in [-0.2, -0.15) is 5.10 Å². The number of benzene rings is 1. The minimum absolute atomic E-state index is 0.218. The van der Waals surface area contributed by atoms with E-state index in [1.807, 2.05) is 0 Å². The lowest BCUT2D eigenvalue weighted by Crippen LogP contribution is -2.44. The van der Waals surface area contributed by atoms with Crippen LogP contribution in [0.1, 0.15) is 24.2 Å². The number of amides is 1. The number of nitrogens with one attached hydrogen (secondary N) is 1. The van der Waals surface area contributed by atoms with Gasteiger partial charge in [0.05, 0.1) is 17.4 Å². The second-order valence-electron chi connectivity index (χ2n) is 5.19. The highest BCUT2D eigenvalue weighted by Gasteiger charge is 2.24. The van der Waals surface area contributed by atoms with E-state index in [1.165, 1.54) is 17.1 Å². The molecule has 0 aliphatic rings. The van der Waals surface area contributed by atoms with Gasteiger partial charge in [0.15, 0.2) is 0 Å². The molecular weight excluding hydrogens is 306 g/mol. The lowest BCUT2D eigenvalue weighted by atomic mass is 10.0. The average molecular weight is 322 g/mol. The highest BCUT2D eigenvalue weighted by Crippen LogP contribution is 2.15. The molecule has 1 atom stereocenters. The molecule has 1 aromatic carbocycles. The molecule has 6 nitrogen and oxygen atoms in total. The van der Waals surface area contributed by atoms with Crippen molar-refractivity contribution >= 4 is 23.5 Å². The Balaban J connectivity index is 2.17. The summed E-state index contributed by atoms with van der Waals surface area (Å²) in [7, 11) is 0. The van der Waals surface area contributed by atoms with E-state index in [0.717, 1.165) is 0 Å². The maximum atomic E-state index is 12.1. The van der Waals surface area contributed by atoms with Crippen LogP contribution < -0.4 is 5.32 Å². The maximum absolute atomic E-state index is 12.1. The zero-order valence-electron chi connectivity index (χ0n) is 12.2. The molecule has 1 aromatic heterocycles. The van der Waals surface area contributed by atoms with E-state index >= 15 is 0 Å². The van der Waals surface area contributed by atoms with Gasteiger partial charge in [0.2, 0.25) is 0 Å². The molecule has 1 unspecified atom stereocenters. The van der Waals surface area contributed by atoms with Gasteiger partial charge in [-0.15, -0.1) is 0 Å². The van der Waals surface area contributed by atoms with Crippen LogP contribution in [0.15, 0.2) is 36.7 Å². The third kappa shape index (κ3) is 3.65. The average Bonchev–Trinajstić information content (AvgIpc) is 2.93. The molecule has 2 N–H and O–H groups in total. The molecule has 0 radical (unpaired) electrons. The predicted octanol–water partition coefficient (Wildman–Crippen LogP) is 2.36. The fourth-order valence-corrected chi connectivity index (χ4v) is 2.12. The van der Waals surface area contributed by atoms with Crippen molar-refractivity contribution in [1.29, 1.82) is 0 Å². The van der Waals surface area contributed by atoms with Gasteiger partial charge < -0.3 is 10.4 Å². The monoisotopic (exact) mass is 321 g/mol. The Morgan fingerprint density at radius 2 is 2.09 bits per heavy atom. The quantitative estimate of drug-likeness (QED) is 0.885. The van der Waals surface area contributed by atoms with Crippen LogP contribution in [0, 0.1) is 5.92 Å². The predicted molar refractivity (Wildman–Crippen MR) is 82.3 cm³/mol. The number of hydrogen-bond donors (Lipinski definition) is 2. The zero-order chi connectivity index (χ0) is 16.3. The van der Waals surface area contributed by atoms with E-state index in [2.05, 4.69) is 10.4 Å². The lowest BCUT2D eigenvalue weighted by Gasteiger charge is -2.17. The normalized spacial score (nSPS) is 12.2. The first-order valence-corrected chi connectivity index (χ1v) is 7.10. The minimum Gasteiger partial charge on any atom is -0.480 e. The molecular formula is C15H16ClN3O3. The summed E-state index contributed by atoms with van der Waals surface area (Å²) in [5.74, 6) is -1.76. The van der Waals surface area contributed by atoms with Gasteiger partial charge in [-0.3, -0.25) is 4.79 Å². The van der Waals surface area contributed by atoms with Gasteiger partial charge >= 0.3 is 5.97 Å². The van der Waals surface area contributed by atoms with Crippen LogP contribution in [-0.2, 0) is 4.79 Å². The number of carbonyl (C=O) groups excluding carboxylic acids is 1. The fourth-order valence-electron chi connectivity index (χ4n) is 1.94. The zero-order valence-corrected chi connectivity index (χ0v) is 12.9. The minimum atomic E-state index is -1.06.